The van der Waals surface area contributed by atoms with Crippen LogP contribution in [0, 0.1) is 18.8 Å². The van der Waals surface area contributed by atoms with Crippen LogP contribution in [0.25, 0.3) is 11.0 Å². The number of aromatic nitrogens is 2. The lowest BCUT2D eigenvalue weighted by Crippen LogP contribution is -2.35. The molecule has 1 aromatic heterocycles. The Morgan fingerprint density at radius 1 is 0.875 bits per heavy atom. The SMILES string of the molecule is Cc1ccc2c(c1)C1Cc3nc4ccccc4nc3CC1C(C)C2. The Balaban J connectivity index is 1.65. The molecule has 0 saturated carbocycles. The molecule has 3 aromatic rings. The Morgan fingerprint density at radius 3 is 2.33 bits per heavy atom. The zero-order valence-electron chi connectivity index (χ0n) is 14.3. The third-order valence-corrected chi connectivity index (χ3v) is 6.06. The molecule has 1 heterocycles. The van der Waals surface area contributed by atoms with E-state index in [2.05, 4.69) is 56.3 Å². The molecule has 2 aromatic carbocycles. The fraction of sp³-hybridized carbons (Fsp3) is 0.364. The van der Waals surface area contributed by atoms with E-state index in [4.69, 9.17) is 9.97 Å². The third-order valence-electron chi connectivity index (χ3n) is 6.06. The van der Waals surface area contributed by atoms with E-state index in [9.17, 15) is 0 Å². The van der Waals surface area contributed by atoms with E-state index in [0.717, 1.165) is 23.9 Å². The molecule has 120 valence electrons. The van der Waals surface area contributed by atoms with Gasteiger partial charge in [-0.2, -0.15) is 0 Å². The number of para-hydroxylation sites is 2. The summed E-state index contributed by atoms with van der Waals surface area (Å²) in [5.74, 6) is 2.01. The van der Waals surface area contributed by atoms with E-state index in [1.807, 2.05) is 0 Å². The summed E-state index contributed by atoms with van der Waals surface area (Å²) in [6.07, 6.45) is 3.32. The second-order valence-corrected chi connectivity index (χ2v) is 7.67. The van der Waals surface area contributed by atoms with Crippen molar-refractivity contribution < 1.29 is 0 Å². The summed E-state index contributed by atoms with van der Waals surface area (Å²) >= 11 is 0. The van der Waals surface area contributed by atoms with Gasteiger partial charge in [-0.3, -0.25) is 0 Å². The molecule has 2 aliphatic rings. The quantitative estimate of drug-likeness (QED) is 0.604. The van der Waals surface area contributed by atoms with Crippen molar-refractivity contribution in [2.75, 3.05) is 0 Å². The maximum absolute atomic E-state index is 4.96. The van der Waals surface area contributed by atoms with E-state index < -0.39 is 0 Å². The minimum Gasteiger partial charge on any atom is -0.249 e. The molecule has 0 saturated heterocycles. The van der Waals surface area contributed by atoms with Crippen LogP contribution in [0.4, 0.5) is 0 Å². The van der Waals surface area contributed by atoms with Crippen LogP contribution in [0.5, 0.6) is 0 Å². The highest BCUT2D eigenvalue weighted by molar-refractivity contribution is 5.74. The fourth-order valence-corrected chi connectivity index (χ4v) is 4.81. The standard InChI is InChI=1S/C22H22N2/c1-13-7-8-15-10-14(2)16-11-21-22(12-18(16)17(15)9-13)24-20-6-4-3-5-19(20)23-21/h3-9,14,16,18H,10-12H2,1-2H3. The van der Waals surface area contributed by atoms with E-state index in [-0.39, 0.29) is 0 Å². The van der Waals surface area contributed by atoms with E-state index in [1.54, 1.807) is 11.1 Å². The first kappa shape index (κ1) is 14.2. The van der Waals surface area contributed by atoms with Crippen molar-refractivity contribution in [3.05, 3.63) is 70.5 Å². The fourth-order valence-electron chi connectivity index (χ4n) is 4.81. The number of hydrogen-bond donors (Lipinski definition) is 0. The van der Waals surface area contributed by atoms with Crippen LogP contribution < -0.4 is 0 Å². The highest BCUT2D eigenvalue weighted by Crippen LogP contribution is 2.46. The Hall–Kier alpha value is -2.22. The van der Waals surface area contributed by atoms with Crippen LogP contribution in [0.2, 0.25) is 0 Å². The molecular weight excluding hydrogens is 292 g/mol. The first-order valence-corrected chi connectivity index (χ1v) is 9.03. The minimum atomic E-state index is 0.603. The van der Waals surface area contributed by atoms with Crippen LogP contribution >= 0.6 is 0 Å². The predicted molar refractivity (Wildman–Crippen MR) is 97.2 cm³/mol. The molecule has 0 spiro atoms. The van der Waals surface area contributed by atoms with Gasteiger partial charge in [-0.05, 0) is 67.2 Å². The van der Waals surface area contributed by atoms with Gasteiger partial charge < -0.3 is 0 Å². The maximum atomic E-state index is 4.96. The van der Waals surface area contributed by atoms with Crippen molar-refractivity contribution in [1.82, 2.24) is 9.97 Å². The number of benzene rings is 2. The molecule has 3 unspecified atom stereocenters. The van der Waals surface area contributed by atoms with E-state index in [1.165, 1.54) is 23.4 Å². The van der Waals surface area contributed by atoms with Gasteiger partial charge in [-0.25, -0.2) is 9.97 Å². The monoisotopic (exact) mass is 314 g/mol. The molecule has 3 atom stereocenters. The Morgan fingerprint density at radius 2 is 1.58 bits per heavy atom. The molecule has 24 heavy (non-hydrogen) atoms. The third kappa shape index (κ3) is 2.09. The van der Waals surface area contributed by atoms with Crippen molar-refractivity contribution in [3.8, 4) is 0 Å². The van der Waals surface area contributed by atoms with Crippen molar-refractivity contribution >= 4 is 11.0 Å². The summed E-state index contributed by atoms with van der Waals surface area (Å²) in [6.45, 7) is 4.62. The number of hydrogen-bond acceptors (Lipinski definition) is 2. The maximum Gasteiger partial charge on any atom is 0.0890 e. The summed E-state index contributed by atoms with van der Waals surface area (Å²) in [5.41, 5.74) is 9.01. The lowest BCUT2D eigenvalue weighted by Gasteiger charge is -2.41. The average Bonchev–Trinajstić information content (AvgIpc) is 2.59. The first-order valence-electron chi connectivity index (χ1n) is 9.03. The van der Waals surface area contributed by atoms with Crippen LogP contribution in [-0.4, -0.2) is 9.97 Å². The molecular formula is C22H22N2. The number of aryl methyl sites for hydroxylation is 1. The topological polar surface area (TPSA) is 25.8 Å². The lowest BCUT2D eigenvalue weighted by atomic mass is 9.64. The van der Waals surface area contributed by atoms with Gasteiger partial charge in [0.2, 0.25) is 0 Å². The summed E-state index contributed by atoms with van der Waals surface area (Å²) in [4.78, 5) is 9.92. The molecule has 0 aliphatic heterocycles. The summed E-state index contributed by atoms with van der Waals surface area (Å²) in [6, 6.07) is 15.3. The molecule has 2 nitrogen and oxygen atoms in total. The van der Waals surface area contributed by atoms with Crippen LogP contribution in [0.1, 0.15) is 40.9 Å². The van der Waals surface area contributed by atoms with Gasteiger partial charge in [0.25, 0.3) is 0 Å². The van der Waals surface area contributed by atoms with Crippen molar-refractivity contribution in [1.29, 1.82) is 0 Å². The smallest absolute Gasteiger partial charge is 0.0890 e. The molecule has 0 fully saturated rings. The Kier molecular flexibility index (Phi) is 3.03. The predicted octanol–water partition coefficient (Wildman–Crippen LogP) is 4.63. The molecule has 0 bridgehead atoms. The van der Waals surface area contributed by atoms with Crippen LogP contribution in [0.15, 0.2) is 42.5 Å². The minimum absolute atomic E-state index is 0.603. The molecule has 5 rings (SSSR count). The van der Waals surface area contributed by atoms with Crippen LogP contribution in [0.3, 0.4) is 0 Å². The van der Waals surface area contributed by atoms with Crippen molar-refractivity contribution in [2.45, 2.75) is 39.0 Å². The lowest BCUT2D eigenvalue weighted by molar-refractivity contribution is 0.254. The average molecular weight is 314 g/mol. The second-order valence-electron chi connectivity index (χ2n) is 7.67. The normalized spacial score (nSPS) is 25.0. The van der Waals surface area contributed by atoms with Gasteiger partial charge in [-0.1, -0.05) is 42.8 Å². The molecule has 0 N–H and O–H groups in total. The number of rotatable bonds is 0. The van der Waals surface area contributed by atoms with Gasteiger partial charge in [0.05, 0.1) is 22.4 Å². The largest absolute Gasteiger partial charge is 0.249 e. The summed E-state index contributed by atoms with van der Waals surface area (Å²) < 4.78 is 0. The Bertz CT molecular complexity index is 944. The highest BCUT2D eigenvalue weighted by Gasteiger charge is 2.39. The first-order chi connectivity index (χ1) is 11.7. The second kappa shape index (κ2) is 5.14. The van der Waals surface area contributed by atoms with Crippen molar-refractivity contribution in [3.63, 3.8) is 0 Å². The molecule has 2 aliphatic carbocycles. The molecule has 0 amide bonds. The van der Waals surface area contributed by atoms with Gasteiger partial charge in [0.15, 0.2) is 0 Å². The van der Waals surface area contributed by atoms with Crippen molar-refractivity contribution in [2.24, 2.45) is 11.8 Å². The van der Waals surface area contributed by atoms with Gasteiger partial charge in [0.1, 0.15) is 0 Å². The van der Waals surface area contributed by atoms with Gasteiger partial charge >= 0.3 is 0 Å². The van der Waals surface area contributed by atoms with Crippen LogP contribution in [-0.2, 0) is 19.3 Å². The zero-order valence-corrected chi connectivity index (χ0v) is 14.3. The zero-order chi connectivity index (χ0) is 16.3. The number of fused-ring (bicyclic) bond motifs is 5. The van der Waals surface area contributed by atoms with E-state index in [0.29, 0.717) is 17.8 Å². The highest BCUT2D eigenvalue weighted by atomic mass is 14.8. The Labute approximate surface area is 143 Å². The molecule has 2 heteroatoms. The van der Waals surface area contributed by atoms with Gasteiger partial charge in [-0.15, -0.1) is 0 Å². The summed E-state index contributed by atoms with van der Waals surface area (Å²) in [7, 11) is 0. The molecule has 0 radical (unpaired) electrons. The van der Waals surface area contributed by atoms with E-state index >= 15 is 0 Å². The number of nitrogens with zero attached hydrogens (tertiary/aromatic N) is 2. The summed E-state index contributed by atoms with van der Waals surface area (Å²) in [5, 5.41) is 0. The van der Waals surface area contributed by atoms with Gasteiger partial charge in [0, 0.05) is 0 Å².